The molecule has 0 bridgehead atoms. The van der Waals surface area contributed by atoms with E-state index in [-0.39, 0.29) is 11.7 Å². The molecule has 1 atom stereocenters. The molecule has 0 saturated carbocycles. The van der Waals surface area contributed by atoms with Crippen molar-refractivity contribution in [1.82, 2.24) is 0 Å². The van der Waals surface area contributed by atoms with Crippen molar-refractivity contribution in [3.8, 4) is 5.75 Å². The van der Waals surface area contributed by atoms with Crippen molar-refractivity contribution in [3.05, 3.63) is 34.3 Å². The third kappa shape index (κ3) is 3.89. The number of alkyl halides is 3. The number of hydrogen-bond acceptors (Lipinski definition) is 1. The van der Waals surface area contributed by atoms with E-state index < -0.39 is 6.36 Å². The summed E-state index contributed by atoms with van der Waals surface area (Å²) in [7, 11) is 0. The molecule has 1 radical (unpaired) electrons. The molecule has 0 amide bonds. The van der Waals surface area contributed by atoms with Crippen molar-refractivity contribution in [3.63, 3.8) is 0 Å². The zero-order valence-electron chi connectivity index (χ0n) is 7.94. The van der Waals surface area contributed by atoms with Crippen LogP contribution in [0, 0.1) is 10.5 Å². The molecule has 0 heterocycles. The van der Waals surface area contributed by atoms with Crippen molar-refractivity contribution in [2.75, 3.05) is 0 Å². The van der Waals surface area contributed by atoms with Crippen LogP contribution in [0.2, 0.25) is 0 Å². The maximum Gasteiger partial charge on any atom is 0.573 e. The Morgan fingerprint density at radius 3 is 2.47 bits per heavy atom. The van der Waals surface area contributed by atoms with Gasteiger partial charge in [-0.1, -0.05) is 6.92 Å². The molecule has 1 rings (SSSR count). The van der Waals surface area contributed by atoms with Gasteiger partial charge in [-0.05, 0) is 59.2 Å². The third-order valence-corrected chi connectivity index (χ3v) is 2.71. The Kier molecular flexibility index (Phi) is 3.86. The van der Waals surface area contributed by atoms with E-state index in [1.165, 1.54) is 12.1 Å². The van der Waals surface area contributed by atoms with Crippen LogP contribution in [0.3, 0.4) is 0 Å². The first-order chi connectivity index (χ1) is 6.79. The molecule has 0 aliphatic rings. The third-order valence-electron chi connectivity index (χ3n) is 1.73. The highest BCUT2D eigenvalue weighted by Crippen LogP contribution is 2.29. The molecule has 0 spiro atoms. The van der Waals surface area contributed by atoms with E-state index in [4.69, 9.17) is 0 Å². The number of hydrogen-bond donors (Lipinski definition) is 0. The first kappa shape index (κ1) is 12.6. The van der Waals surface area contributed by atoms with Crippen LogP contribution in [0.1, 0.15) is 18.4 Å². The van der Waals surface area contributed by atoms with Crippen LogP contribution in [-0.4, -0.2) is 6.36 Å². The van der Waals surface area contributed by atoms with Crippen molar-refractivity contribution in [2.45, 2.75) is 19.2 Å². The Hall–Kier alpha value is -0.460. The maximum absolute atomic E-state index is 11.9. The standard InChI is InChI=1S/C10H9F3IO/c1-6(2)8-5-7(3-4-9(8)14)15-10(11,12)13/h3-6H,1H2,2H3. The van der Waals surface area contributed by atoms with E-state index >= 15 is 0 Å². The lowest BCUT2D eigenvalue weighted by molar-refractivity contribution is -0.274. The maximum atomic E-state index is 11.9. The van der Waals surface area contributed by atoms with Crippen molar-refractivity contribution in [2.24, 2.45) is 0 Å². The van der Waals surface area contributed by atoms with Gasteiger partial charge in [-0.25, -0.2) is 0 Å². The van der Waals surface area contributed by atoms with Crippen LogP contribution in [0.15, 0.2) is 18.2 Å². The Morgan fingerprint density at radius 1 is 1.40 bits per heavy atom. The molecule has 5 heteroatoms. The Labute approximate surface area is 99.8 Å². The van der Waals surface area contributed by atoms with Gasteiger partial charge in [-0.15, -0.1) is 13.2 Å². The Bertz CT molecular complexity index is 347. The smallest absolute Gasteiger partial charge is 0.406 e. The predicted octanol–water partition coefficient (Wildman–Crippen LogP) is 4.13. The normalized spacial score (nSPS) is 11.9. The summed E-state index contributed by atoms with van der Waals surface area (Å²) in [5.41, 5.74) is 0.748. The molecule has 1 aromatic carbocycles. The minimum Gasteiger partial charge on any atom is -0.406 e. The summed E-state index contributed by atoms with van der Waals surface area (Å²) in [6.07, 6.45) is -4.64. The van der Waals surface area contributed by atoms with Gasteiger partial charge in [0.05, 0.1) is 0 Å². The number of benzene rings is 1. The zero-order chi connectivity index (χ0) is 11.6. The summed E-state index contributed by atoms with van der Waals surface area (Å²) in [5.74, 6) is -0.276. The summed E-state index contributed by atoms with van der Waals surface area (Å²) < 4.78 is 40.5. The fourth-order valence-corrected chi connectivity index (χ4v) is 1.96. The van der Waals surface area contributed by atoms with E-state index in [2.05, 4.69) is 34.3 Å². The second-order valence-corrected chi connectivity index (χ2v) is 4.29. The molecular weight excluding hydrogens is 320 g/mol. The van der Waals surface area contributed by atoms with Crippen molar-refractivity contribution < 1.29 is 17.9 Å². The lowest BCUT2D eigenvalue weighted by atomic mass is 10.0. The fraction of sp³-hybridized carbons (Fsp3) is 0.300. The predicted molar refractivity (Wildman–Crippen MR) is 59.6 cm³/mol. The summed E-state index contributed by atoms with van der Waals surface area (Å²) in [5, 5.41) is 0. The van der Waals surface area contributed by atoms with Gasteiger partial charge < -0.3 is 4.74 Å². The topological polar surface area (TPSA) is 9.23 Å². The first-order valence-corrected chi connectivity index (χ1v) is 5.26. The molecule has 0 saturated heterocycles. The molecule has 0 aliphatic heterocycles. The second kappa shape index (κ2) is 4.59. The van der Waals surface area contributed by atoms with Crippen LogP contribution in [0.4, 0.5) is 13.2 Å². The minimum atomic E-state index is -4.64. The number of rotatable bonds is 2. The van der Waals surface area contributed by atoms with Crippen LogP contribution < -0.4 is 4.74 Å². The van der Waals surface area contributed by atoms with Gasteiger partial charge in [0.25, 0.3) is 0 Å². The van der Waals surface area contributed by atoms with Crippen LogP contribution in [0.25, 0.3) is 0 Å². The van der Waals surface area contributed by atoms with E-state index in [0.29, 0.717) is 0 Å². The molecular formula is C10H9F3IO. The molecule has 1 aromatic rings. The van der Waals surface area contributed by atoms with E-state index in [1.54, 1.807) is 6.07 Å². The highest BCUT2D eigenvalue weighted by molar-refractivity contribution is 14.1. The van der Waals surface area contributed by atoms with E-state index in [1.807, 2.05) is 6.92 Å². The average Bonchev–Trinajstić information content (AvgIpc) is 2.05. The van der Waals surface area contributed by atoms with Crippen molar-refractivity contribution in [1.29, 1.82) is 0 Å². The Balaban J connectivity index is 2.98. The first-order valence-electron chi connectivity index (χ1n) is 4.18. The van der Waals surface area contributed by atoms with Crippen LogP contribution in [0.5, 0.6) is 5.75 Å². The number of halogens is 4. The monoisotopic (exact) mass is 329 g/mol. The SMILES string of the molecule is [CH2]C(C)c1cc(OC(F)(F)F)ccc1I. The number of ether oxygens (including phenoxy) is 1. The summed E-state index contributed by atoms with van der Waals surface area (Å²) >= 11 is 2.05. The quantitative estimate of drug-likeness (QED) is 0.742. The molecule has 0 aromatic heterocycles. The minimum absolute atomic E-state index is 0.0753. The average molecular weight is 329 g/mol. The van der Waals surface area contributed by atoms with Gasteiger partial charge >= 0.3 is 6.36 Å². The van der Waals surface area contributed by atoms with Gasteiger partial charge in [0.1, 0.15) is 5.75 Å². The van der Waals surface area contributed by atoms with Gasteiger partial charge in [-0.2, -0.15) is 0 Å². The van der Waals surface area contributed by atoms with E-state index in [9.17, 15) is 13.2 Å². The Morgan fingerprint density at radius 2 is 2.00 bits per heavy atom. The van der Waals surface area contributed by atoms with E-state index in [0.717, 1.165) is 9.13 Å². The highest BCUT2D eigenvalue weighted by atomic mass is 127. The second-order valence-electron chi connectivity index (χ2n) is 3.13. The largest absolute Gasteiger partial charge is 0.573 e. The highest BCUT2D eigenvalue weighted by Gasteiger charge is 2.31. The van der Waals surface area contributed by atoms with Crippen LogP contribution in [-0.2, 0) is 0 Å². The van der Waals surface area contributed by atoms with Crippen molar-refractivity contribution >= 4 is 22.6 Å². The van der Waals surface area contributed by atoms with Crippen LogP contribution >= 0.6 is 22.6 Å². The molecule has 1 unspecified atom stereocenters. The molecule has 0 N–H and O–H groups in total. The molecule has 83 valence electrons. The van der Waals surface area contributed by atoms with Gasteiger partial charge in [0.2, 0.25) is 0 Å². The van der Waals surface area contributed by atoms with Gasteiger partial charge in [0.15, 0.2) is 0 Å². The lowest BCUT2D eigenvalue weighted by Gasteiger charge is -2.13. The molecule has 15 heavy (non-hydrogen) atoms. The molecule has 0 fully saturated rings. The summed E-state index contributed by atoms with van der Waals surface area (Å²) in [6.45, 7) is 5.58. The zero-order valence-corrected chi connectivity index (χ0v) is 10.1. The lowest BCUT2D eigenvalue weighted by Crippen LogP contribution is -2.17. The summed E-state index contributed by atoms with van der Waals surface area (Å²) in [6, 6.07) is 4.24. The fourth-order valence-electron chi connectivity index (χ4n) is 1.10. The molecule has 1 nitrogen and oxygen atoms in total. The molecule has 0 aliphatic carbocycles. The van der Waals surface area contributed by atoms with Gasteiger partial charge in [0, 0.05) is 3.57 Å². The van der Waals surface area contributed by atoms with Gasteiger partial charge in [-0.3, -0.25) is 0 Å². The summed E-state index contributed by atoms with van der Waals surface area (Å²) in [4.78, 5) is 0.